The fraction of sp³-hybridized carbons (Fsp3) is 0.519. The van der Waals surface area contributed by atoms with Crippen LogP contribution in [0.25, 0.3) is 16.7 Å². The summed E-state index contributed by atoms with van der Waals surface area (Å²) >= 11 is 0. The summed E-state index contributed by atoms with van der Waals surface area (Å²) in [7, 11) is 0. The van der Waals surface area contributed by atoms with Crippen LogP contribution in [0.3, 0.4) is 0 Å². The topological polar surface area (TPSA) is 89.1 Å². The van der Waals surface area contributed by atoms with Crippen molar-refractivity contribution in [1.29, 1.82) is 0 Å². The number of nitrogens with zero attached hydrogens (tertiary/aromatic N) is 4. The van der Waals surface area contributed by atoms with Crippen LogP contribution in [-0.2, 0) is 0 Å². The maximum absolute atomic E-state index is 13.4. The number of piperidine rings is 1. The Balaban J connectivity index is 1.44. The lowest BCUT2D eigenvalue weighted by Crippen LogP contribution is -2.44. The molecule has 0 unspecified atom stereocenters. The van der Waals surface area contributed by atoms with Crippen LogP contribution in [0.15, 0.2) is 36.4 Å². The largest absolute Gasteiger partial charge is 0.370 e. The quantitative estimate of drug-likeness (QED) is 0.571. The third-order valence-corrected chi connectivity index (χ3v) is 8.61. The summed E-state index contributed by atoms with van der Waals surface area (Å²) in [5.74, 6) is 1.08. The minimum absolute atomic E-state index is 0.0286. The van der Waals surface area contributed by atoms with Gasteiger partial charge in [-0.15, -0.1) is 0 Å². The molecule has 176 valence electrons. The summed E-state index contributed by atoms with van der Waals surface area (Å²) in [5.41, 5.74) is 10.2. The number of aromatic nitrogens is 3. The van der Waals surface area contributed by atoms with Gasteiger partial charge >= 0.3 is 0 Å². The first-order valence-electron chi connectivity index (χ1n) is 12.9. The van der Waals surface area contributed by atoms with Crippen LogP contribution < -0.4 is 16.0 Å². The molecule has 0 radical (unpaired) electrons. The Kier molecular flexibility index (Phi) is 4.61. The zero-order valence-electron chi connectivity index (χ0n) is 19.5. The Labute approximate surface area is 199 Å². The second kappa shape index (κ2) is 7.62. The van der Waals surface area contributed by atoms with Gasteiger partial charge in [0.15, 0.2) is 5.65 Å². The van der Waals surface area contributed by atoms with Gasteiger partial charge in [0.05, 0.1) is 28.0 Å². The molecule has 1 aromatic carbocycles. The van der Waals surface area contributed by atoms with Crippen molar-refractivity contribution in [3.8, 4) is 5.69 Å². The number of hydrogen-bond acceptors (Lipinski definition) is 6. The third kappa shape index (κ3) is 3.21. The van der Waals surface area contributed by atoms with Crippen LogP contribution in [0.1, 0.15) is 67.0 Å². The van der Waals surface area contributed by atoms with Crippen molar-refractivity contribution in [3.05, 3.63) is 47.8 Å². The van der Waals surface area contributed by atoms with Gasteiger partial charge in [0.25, 0.3) is 0 Å². The molecule has 0 spiro atoms. The first-order chi connectivity index (χ1) is 16.6. The van der Waals surface area contributed by atoms with Crippen molar-refractivity contribution in [2.75, 3.05) is 24.5 Å². The van der Waals surface area contributed by atoms with Crippen LogP contribution in [0, 0.1) is 5.92 Å². The lowest BCUT2D eigenvalue weighted by molar-refractivity contribution is 0.0944. The predicted molar refractivity (Wildman–Crippen MR) is 133 cm³/mol. The minimum Gasteiger partial charge on any atom is -0.370 e. The molecule has 2 aromatic heterocycles. The Bertz CT molecular complexity index is 1260. The van der Waals surface area contributed by atoms with E-state index in [-0.39, 0.29) is 5.78 Å². The van der Waals surface area contributed by atoms with Gasteiger partial charge in [0, 0.05) is 25.0 Å². The van der Waals surface area contributed by atoms with Gasteiger partial charge < -0.3 is 16.0 Å². The molecule has 2 aliphatic heterocycles. The summed E-state index contributed by atoms with van der Waals surface area (Å²) in [6.07, 6.45) is 7.41. The molecule has 4 heterocycles. The van der Waals surface area contributed by atoms with Gasteiger partial charge in [-0.25, -0.2) is 9.67 Å². The number of hydrogen-bond donors (Lipinski definition) is 2. The molecule has 2 saturated carbocycles. The number of carbonyl (C=O) groups excluding carboxylic acids is 1. The highest BCUT2D eigenvalue weighted by Gasteiger charge is 2.47. The first-order valence-corrected chi connectivity index (χ1v) is 12.9. The number of ketones is 1. The van der Waals surface area contributed by atoms with Crippen molar-refractivity contribution in [2.45, 2.75) is 62.4 Å². The van der Waals surface area contributed by atoms with Crippen LogP contribution in [0.2, 0.25) is 0 Å². The predicted octanol–water partition coefficient (Wildman–Crippen LogP) is 3.55. The van der Waals surface area contributed by atoms with E-state index in [1.165, 1.54) is 25.7 Å². The van der Waals surface area contributed by atoms with Crippen molar-refractivity contribution in [3.63, 3.8) is 0 Å². The second-order valence-electron chi connectivity index (χ2n) is 10.8. The number of nitrogens with two attached hydrogens (primary N) is 1. The van der Waals surface area contributed by atoms with E-state index in [0.717, 1.165) is 67.0 Å². The Morgan fingerprint density at radius 1 is 1.12 bits per heavy atom. The summed E-state index contributed by atoms with van der Waals surface area (Å²) in [4.78, 5) is 20.9. The molecule has 0 bridgehead atoms. The van der Waals surface area contributed by atoms with E-state index in [1.807, 2.05) is 28.9 Å². The molecule has 2 aliphatic carbocycles. The van der Waals surface area contributed by atoms with Gasteiger partial charge in [0.1, 0.15) is 5.69 Å². The van der Waals surface area contributed by atoms with Crippen molar-refractivity contribution < 1.29 is 4.79 Å². The summed E-state index contributed by atoms with van der Waals surface area (Å²) in [6, 6.07) is 12.9. The highest BCUT2D eigenvalue weighted by molar-refractivity contribution is 6.07. The number of rotatable bonds is 5. The van der Waals surface area contributed by atoms with Crippen LogP contribution in [0.5, 0.6) is 0 Å². The molecule has 3 N–H and O–H groups in total. The molecular weight excluding hydrogens is 424 g/mol. The highest BCUT2D eigenvalue weighted by atomic mass is 16.1. The fourth-order valence-electron chi connectivity index (χ4n) is 6.09. The smallest absolute Gasteiger partial charge is 0.201 e. The van der Waals surface area contributed by atoms with Crippen LogP contribution >= 0.6 is 0 Å². The molecule has 7 nitrogen and oxygen atoms in total. The van der Waals surface area contributed by atoms with E-state index in [9.17, 15) is 4.79 Å². The lowest BCUT2D eigenvalue weighted by Gasteiger charge is -2.37. The first kappa shape index (κ1) is 20.6. The Hall–Kier alpha value is -2.77. The number of carbonyl (C=O) groups is 1. The van der Waals surface area contributed by atoms with E-state index in [1.54, 1.807) is 0 Å². The van der Waals surface area contributed by atoms with Gasteiger partial charge in [0.2, 0.25) is 5.78 Å². The number of benzene rings is 1. The molecule has 4 fully saturated rings. The third-order valence-electron chi connectivity index (χ3n) is 8.61. The number of Topliss-reactive ketones (excluding diaryl/α,β-unsaturated/α-hetero) is 1. The molecule has 3 aromatic rings. The average Bonchev–Trinajstić information content (AvgIpc) is 3.25. The number of pyridine rings is 1. The monoisotopic (exact) mass is 456 g/mol. The van der Waals surface area contributed by atoms with Crippen LogP contribution in [-0.4, -0.2) is 51.8 Å². The maximum atomic E-state index is 13.4. The SMILES string of the molecule is NC1(C(=O)c2cc(N3CC[C@@H]4NCC[C@@H]4C3)c3c(C4CCC4)nn(-c4ccccc4)c3n2)CC1. The standard InChI is InChI=1S/C27H32N6O/c28-27(11-12-27)25(34)21-15-22(32-14-10-20-18(16-32)9-13-29-20)23-24(17-5-4-6-17)31-33(26(23)30-21)19-7-2-1-3-8-19/h1-3,7-8,15,17-18,20,29H,4-6,9-14,16,28H2/t18-,20+/m1/s1. The molecule has 4 aliphatic rings. The van der Waals surface area contributed by atoms with E-state index >= 15 is 0 Å². The fourth-order valence-corrected chi connectivity index (χ4v) is 6.09. The Morgan fingerprint density at radius 2 is 1.94 bits per heavy atom. The Morgan fingerprint density at radius 3 is 2.68 bits per heavy atom. The van der Waals surface area contributed by atoms with Gasteiger partial charge in [-0.3, -0.25) is 4.79 Å². The highest BCUT2D eigenvalue weighted by Crippen LogP contribution is 2.44. The molecule has 7 heteroatoms. The van der Waals surface area contributed by atoms with E-state index in [2.05, 4.69) is 22.3 Å². The zero-order valence-corrected chi connectivity index (χ0v) is 19.5. The van der Waals surface area contributed by atoms with Crippen molar-refractivity contribution >= 4 is 22.5 Å². The molecule has 34 heavy (non-hydrogen) atoms. The van der Waals surface area contributed by atoms with Gasteiger partial charge in [-0.2, -0.15) is 5.10 Å². The van der Waals surface area contributed by atoms with Crippen molar-refractivity contribution in [1.82, 2.24) is 20.1 Å². The second-order valence-corrected chi connectivity index (χ2v) is 10.8. The van der Waals surface area contributed by atoms with Gasteiger partial charge in [-0.1, -0.05) is 24.6 Å². The molecule has 0 amide bonds. The number of para-hydroxylation sites is 1. The summed E-state index contributed by atoms with van der Waals surface area (Å²) in [5, 5.41) is 9.96. The molecule has 7 rings (SSSR count). The molecular formula is C27H32N6O. The summed E-state index contributed by atoms with van der Waals surface area (Å²) < 4.78 is 1.96. The van der Waals surface area contributed by atoms with E-state index in [4.69, 9.17) is 15.8 Å². The van der Waals surface area contributed by atoms with E-state index < -0.39 is 5.54 Å². The number of anilines is 1. The lowest BCUT2D eigenvalue weighted by atomic mass is 9.81. The number of fused-ring (bicyclic) bond motifs is 2. The summed E-state index contributed by atoms with van der Waals surface area (Å²) in [6.45, 7) is 3.10. The molecule has 2 atom stereocenters. The van der Waals surface area contributed by atoms with Gasteiger partial charge in [-0.05, 0) is 69.2 Å². The maximum Gasteiger partial charge on any atom is 0.201 e. The average molecular weight is 457 g/mol. The van der Waals surface area contributed by atoms with Crippen molar-refractivity contribution in [2.24, 2.45) is 11.7 Å². The zero-order chi connectivity index (χ0) is 22.9. The molecule has 2 saturated heterocycles. The minimum atomic E-state index is -0.741. The normalized spacial score (nSPS) is 25.9. The number of nitrogens with one attached hydrogen (secondary N) is 1. The van der Waals surface area contributed by atoms with Crippen LogP contribution in [0.4, 0.5) is 5.69 Å². The van der Waals surface area contributed by atoms with E-state index in [0.29, 0.717) is 23.6 Å².